The van der Waals surface area contributed by atoms with E-state index in [0.29, 0.717) is 112 Å². The number of para-hydroxylation sites is 2. The van der Waals surface area contributed by atoms with Gasteiger partial charge in [0.05, 0.1) is 26.4 Å². The lowest BCUT2D eigenvalue weighted by Gasteiger charge is -2.44. The first kappa shape index (κ1) is 97.8. The Balaban J connectivity index is 0.987. The number of nitrogen functional groups attached to an aromatic ring is 2. The van der Waals surface area contributed by atoms with Gasteiger partial charge in [-0.1, -0.05) is 91.8 Å². The number of hydrogen-bond donors (Lipinski definition) is 10. The fourth-order valence-electron chi connectivity index (χ4n) is 14.2. The van der Waals surface area contributed by atoms with Crippen LogP contribution in [0, 0.1) is 10.8 Å². The van der Waals surface area contributed by atoms with Crippen LogP contribution in [0.25, 0.3) is 0 Å². The van der Waals surface area contributed by atoms with Crippen LogP contribution in [-0.2, 0) is 111 Å². The number of hydrogen-bond acceptors (Lipinski definition) is 36. The number of thiocarbonyl (C=S) groups is 2. The van der Waals surface area contributed by atoms with Gasteiger partial charge in [-0.3, -0.25) is 38.4 Å². The Morgan fingerprint density at radius 1 is 0.389 bits per heavy atom. The van der Waals surface area contributed by atoms with Crippen molar-refractivity contribution in [3.63, 3.8) is 0 Å². The molecule has 4 heterocycles. The molecular formula is C86H116N16O22S2. The lowest BCUT2D eigenvalue weighted by Crippen LogP contribution is -2.67. The van der Waals surface area contributed by atoms with Crippen molar-refractivity contribution in [1.29, 1.82) is 0 Å². The Morgan fingerprint density at radius 3 is 0.952 bits per heavy atom. The highest BCUT2D eigenvalue weighted by atomic mass is 32.1. The molecule has 8 bridgehead atoms. The summed E-state index contributed by atoms with van der Waals surface area (Å²) in [4.78, 5) is 126. The molecule has 40 heteroatoms. The van der Waals surface area contributed by atoms with E-state index in [1.807, 2.05) is 64.1 Å². The lowest BCUT2D eigenvalue weighted by molar-refractivity contribution is -0.255. The van der Waals surface area contributed by atoms with Crippen molar-refractivity contribution in [3.8, 4) is 23.0 Å². The molecule has 2 aromatic heterocycles. The summed E-state index contributed by atoms with van der Waals surface area (Å²) in [5.74, 6) is -2.78. The van der Waals surface area contributed by atoms with Crippen molar-refractivity contribution in [2.45, 2.75) is 223 Å². The quantitative estimate of drug-likeness (QED) is 0.00984. The van der Waals surface area contributed by atoms with Crippen molar-refractivity contribution in [2.75, 3.05) is 98.6 Å². The van der Waals surface area contributed by atoms with Crippen molar-refractivity contribution in [1.82, 2.24) is 51.2 Å². The highest BCUT2D eigenvalue weighted by molar-refractivity contribution is 7.80. The Kier molecular flexibility index (Phi) is 35.5. The molecule has 126 heavy (non-hydrogen) atoms. The molecule has 2 fully saturated rings. The molecule has 0 amide bonds. The minimum atomic E-state index is -1.41. The number of fused-ring (bicyclic) bond motifs is 8. The summed E-state index contributed by atoms with van der Waals surface area (Å²) in [6.45, 7) is 26.9. The monoisotopic (exact) mass is 1790 g/mol. The first-order valence-corrected chi connectivity index (χ1v) is 42.5. The molecule has 10 unspecified atom stereocenters. The van der Waals surface area contributed by atoms with Crippen molar-refractivity contribution in [2.24, 2.45) is 10.8 Å². The first-order valence-electron chi connectivity index (χ1n) is 41.7. The van der Waals surface area contributed by atoms with Gasteiger partial charge in [-0.25, -0.2) is 0 Å². The standard InChI is InChI=1S/C86H116N16O22S2/c1-17-27-111-65-53-23-21-24-54(65)32-58-36-62(94-82-100-78(88)98-80(102-82)90-42-86(15,16)44-92-84(126)96-76-74(122-52(12)110)72(120-50(10)108)70(118-48(8)106)64(124-76)40-116-46(6)104)38-60(68(58)114-30-20-4)34-56-26-22-25-55(66(56)112-28-18-2)33-59-37-61(35-57(31-53)67(59)113-29-19-3)93-81-99-77(87)97-79(101-81)89-41-85(13,14)43-91-83(125)95-75-73(121-51(11)109)71(119-49(9)107)69(117-47(7)105)63(123-75)39-115-45(5)103/h21-26,35-38,63-64,69-76H,17-20,27-34,39-44H2,1-16H3,(H2,91,95,125)(H2,92,96,126)(H4,87,89,93,97,99,101)(H4,88,90,94,98,100,102). The molecule has 3 aliphatic rings. The van der Waals surface area contributed by atoms with Gasteiger partial charge in [0.2, 0.25) is 35.7 Å². The number of ether oxygens (including phenoxy) is 14. The molecule has 12 N–H and O–H groups in total. The molecule has 684 valence electrons. The first-order chi connectivity index (χ1) is 59.9. The number of rotatable bonds is 38. The Bertz CT molecular complexity index is 4490. The van der Waals surface area contributed by atoms with Crippen LogP contribution in [0.4, 0.5) is 47.1 Å². The molecule has 38 nitrogen and oxygen atoms in total. The fraction of sp³-hybridized carbons (Fsp3) is 0.535. The molecule has 0 saturated carbocycles. The molecule has 1 aliphatic carbocycles. The number of carbonyl (C=O) groups is 8. The Hall–Kier alpha value is -12.0. The number of carbonyl (C=O) groups excluding carboxylic acids is 8. The second kappa shape index (κ2) is 45.7. The van der Waals surface area contributed by atoms with Crippen LogP contribution in [0.1, 0.15) is 181 Å². The van der Waals surface area contributed by atoms with E-state index in [9.17, 15) is 38.4 Å². The van der Waals surface area contributed by atoms with Gasteiger partial charge < -0.3 is 120 Å². The predicted octanol–water partition coefficient (Wildman–Crippen LogP) is 8.51. The summed E-state index contributed by atoms with van der Waals surface area (Å²) in [6.07, 6.45) is -9.16. The molecular weight excluding hydrogens is 1670 g/mol. The van der Waals surface area contributed by atoms with E-state index in [4.69, 9.17) is 112 Å². The second-order valence-electron chi connectivity index (χ2n) is 32.0. The normalized spacial score (nSPS) is 19.0. The summed E-state index contributed by atoms with van der Waals surface area (Å²) < 4.78 is 84.0. The van der Waals surface area contributed by atoms with Gasteiger partial charge in [0.1, 0.15) is 48.4 Å². The summed E-state index contributed by atoms with van der Waals surface area (Å²) in [6, 6.07) is 20.4. The van der Waals surface area contributed by atoms with Crippen molar-refractivity contribution >= 4 is 129 Å². The molecule has 2 aliphatic heterocycles. The van der Waals surface area contributed by atoms with Crippen LogP contribution in [-0.4, -0.2) is 215 Å². The number of nitrogens with one attached hydrogen (secondary N) is 8. The Morgan fingerprint density at radius 2 is 0.667 bits per heavy atom. The molecule has 4 aromatic carbocycles. The van der Waals surface area contributed by atoms with Crippen LogP contribution >= 0.6 is 24.4 Å². The van der Waals surface area contributed by atoms with Crippen molar-refractivity contribution < 1.29 is 105 Å². The molecule has 2 saturated heterocycles. The molecule has 0 radical (unpaired) electrons. The van der Waals surface area contributed by atoms with Crippen LogP contribution in [0.3, 0.4) is 0 Å². The van der Waals surface area contributed by atoms with E-state index in [2.05, 4.69) is 114 Å². The minimum absolute atomic E-state index is 0.0327. The highest BCUT2D eigenvalue weighted by Gasteiger charge is 2.54. The number of nitrogens with two attached hydrogens (primary N) is 2. The van der Waals surface area contributed by atoms with Crippen LogP contribution in [0.15, 0.2) is 60.7 Å². The van der Waals surface area contributed by atoms with E-state index < -0.39 is 133 Å². The summed E-state index contributed by atoms with van der Waals surface area (Å²) in [7, 11) is 0. The zero-order chi connectivity index (χ0) is 91.7. The predicted molar refractivity (Wildman–Crippen MR) is 471 cm³/mol. The largest absolute Gasteiger partial charge is 0.493 e. The van der Waals surface area contributed by atoms with Gasteiger partial charge in [-0.05, 0) is 107 Å². The second-order valence-corrected chi connectivity index (χ2v) is 32.8. The van der Waals surface area contributed by atoms with Gasteiger partial charge >= 0.3 is 47.8 Å². The van der Waals surface area contributed by atoms with E-state index >= 15 is 0 Å². The van der Waals surface area contributed by atoms with Crippen molar-refractivity contribution in [3.05, 3.63) is 105 Å². The van der Waals surface area contributed by atoms with Gasteiger partial charge in [0.15, 0.2) is 59.3 Å². The zero-order valence-corrected chi connectivity index (χ0v) is 75.5. The van der Waals surface area contributed by atoms with Crippen LogP contribution in [0.5, 0.6) is 23.0 Å². The van der Waals surface area contributed by atoms with E-state index in [1.165, 1.54) is 13.8 Å². The number of esters is 8. The lowest BCUT2D eigenvalue weighted by atomic mass is 9.90. The summed E-state index contributed by atoms with van der Waals surface area (Å²) >= 11 is 11.5. The Labute approximate surface area is 742 Å². The molecule has 10 atom stereocenters. The molecule has 9 rings (SSSR count). The maximum Gasteiger partial charge on any atom is 0.303 e. The summed E-state index contributed by atoms with van der Waals surface area (Å²) in [5, 5.41) is 26.0. The highest BCUT2D eigenvalue weighted by Crippen LogP contribution is 2.43. The maximum atomic E-state index is 12.6. The van der Waals surface area contributed by atoms with Gasteiger partial charge in [0, 0.05) is 141 Å². The van der Waals surface area contributed by atoms with Gasteiger partial charge in [0.25, 0.3) is 0 Å². The topological polar surface area (TPSA) is 491 Å². The third kappa shape index (κ3) is 29.0. The average molecular weight is 1790 g/mol. The number of nitrogens with zero attached hydrogens (tertiary/aromatic N) is 6. The van der Waals surface area contributed by atoms with Crippen LogP contribution < -0.4 is 72.9 Å². The van der Waals surface area contributed by atoms with Gasteiger partial charge in [-0.2, -0.15) is 29.9 Å². The summed E-state index contributed by atoms with van der Waals surface area (Å²) in [5.41, 5.74) is 19.8. The number of benzene rings is 4. The third-order valence-electron chi connectivity index (χ3n) is 19.4. The number of aromatic nitrogens is 6. The smallest absolute Gasteiger partial charge is 0.303 e. The van der Waals surface area contributed by atoms with Crippen LogP contribution in [0.2, 0.25) is 0 Å². The minimum Gasteiger partial charge on any atom is -0.493 e. The average Bonchev–Trinajstić information content (AvgIpc) is 0.795. The van der Waals surface area contributed by atoms with E-state index in [1.54, 1.807) is 0 Å². The SMILES string of the molecule is CCCOc1c2cccc1Cc1cc(Nc3nc(N)nc(NCC(C)(C)CNC(=S)NC4OC(COC(C)=O)C(OC(C)=O)C(OC(C)=O)C4OC(C)=O)n3)cc(c1OCCC)Cc1cccc(c1OCCC)Cc1cc(Nc3nc(N)nc(NCC(C)(C)CNC(=S)NC4OC(COC(C)=O)C(OC(C)=O)C(OC(C)=O)C4OC(C)=O)n3)cc(c1OCCC)C2. The zero-order valence-electron chi connectivity index (χ0n) is 73.9. The maximum absolute atomic E-state index is 12.6. The van der Waals surface area contributed by atoms with E-state index in [-0.39, 0.29) is 72.1 Å². The van der Waals surface area contributed by atoms with Gasteiger partial charge in [-0.15, -0.1) is 0 Å². The molecule has 6 aromatic rings. The fourth-order valence-corrected chi connectivity index (χ4v) is 14.5. The number of anilines is 8. The third-order valence-corrected chi connectivity index (χ3v) is 19.9. The van der Waals surface area contributed by atoms with E-state index in [0.717, 1.165) is 86.1 Å². The molecule has 0 spiro atoms.